The van der Waals surface area contributed by atoms with Crippen molar-refractivity contribution in [2.75, 3.05) is 24.1 Å². The Kier molecular flexibility index (Phi) is 9.68. The van der Waals surface area contributed by atoms with Crippen molar-refractivity contribution in [1.29, 1.82) is 0 Å². The van der Waals surface area contributed by atoms with E-state index in [2.05, 4.69) is 10.5 Å². The van der Waals surface area contributed by atoms with Gasteiger partial charge in [0.2, 0.25) is 0 Å². The lowest BCUT2D eigenvalue weighted by Gasteiger charge is -2.25. The zero-order valence-corrected chi connectivity index (χ0v) is 22.4. The number of sulfonamides is 1. The van der Waals surface area contributed by atoms with Gasteiger partial charge in [-0.25, -0.2) is 13.8 Å². The van der Waals surface area contributed by atoms with Gasteiger partial charge in [0, 0.05) is 0 Å². The van der Waals surface area contributed by atoms with Gasteiger partial charge in [0.25, 0.3) is 15.9 Å². The van der Waals surface area contributed by atoms with Crippen LogP contribution in [0.2, 0.25) is 0 Å². The van der Waals surface area contributed by atoms with Crippen molar-refractivity contribution < 1.29 is 22.7 Å². The molecule has 0 bridgehead atoms. The smallest absolute Gasteiger partial charge is 0.264 e. The molecular weight excluding hydrogens is 490 g/mol. The summed E-state index contributed by atoms with van der Waals surface area (Å²) in [4.78, 5) is 13.0. The quantitative estimate of drug-likeness (QED) is 0.274. The van der Waals surface area contributed by atoms with Crippen LogP contribution < -0.4 is 19.2 Å². The van der Waals surface area contributed by atoms with Gasteiger partial charge in [-0.05, 0) is 74.7 Å². The SMILES string of the molecule is CCOc1ccc(/C=N\NC(=O)CN(c2ccccc2CC)S(=O)(=O)c2ccc(C)cc2)cc1OCC. The Morgan fingerprint density at radius 3 is 2.30 bits per heavy atom. The second-order valence-corrected chi connectivity index (χ2v) is 10.0. The van der Waals surface area contributed by atoms with E-state index < -0.39 is 22.5 Å². The first-order valence-electron chi connectivity index (χ1n) is 12.2. The third kappa shape index (κ3) is 7.10. The van der Waals surface area contributed by atoms with Gasteiger partial charge in [0.15, 0.2) is 11.5 Å². The Labute approximate surface area is 219 Å². The first-order chi connectivity index (χ1) is 17.8. The van der Waals surface area contributed by atoms with Crippen LogP contribution in [0.4, 0.5) is 5.69 Å². The minimum absolute atomic E-state index is 0.109. The Balaban J connectivity index is 1.84. The van der Waals surface area contributed by atoms with E-state index in [1.807, 2.05) is 39.8 Å². The fraction of sp³-hybridized carbons (Fsp3) is 0.286. The number of aryl methyl sites for hydroxylation is 2. The number of rotatable bonds is 12. The zero-order chi connectivity index (χ0) is 26.8. The van der Waals surface area contributed by atoms with E-state index in [0.29, 0.717) is 42.4 Å². The largest absolute Gasteiger partial charge is 0.490 e. The average molecular weight is 524 g/mol. The summed E-state index contributed by atoms with van der Waals surface area (Å²) < 4.78 is 39.5. The van der Waals surface area contributed by atoms with Crippen LogP contribution in [0.3, 0.4) is 0 Å². The van der Waals surface area contributed by atoms with Gasteiger partial charge >= 0.3 is 0 Å². The lowest BCUT2D eigenvalue weighted by molar-refractivity contribution is -0.119. The predicted octanol–water partition coefficient (Wildman–Crippen LogP) is 4.70. The van der Waals surface area contributed by atoms with Gasteiger partial charge in [-0.2, -0.15) is 5.10 Å². The molecule has 9 heteroatoms. The van der Waals surface area contributed by atoms with Gasteiger partial charge in [-0.3, -0.25) is 9.10 Å². The minimum Gasteiger partial charge on any atom is -0.490 e. The predicted molar refractivity (Wildman–Crippen MR) is 146 cm³/mol. The number of ether oxygens (including phenoxy) is 2. The number of hydrazone groups is 1. The maximum absolute atomic E-state index is 13.6. The lowest BCUT2D eigenvalue weighted by Crippen LogP contribution is -2.40. The number of amides is 1. The normalized spacial score (nSPS) is 11.4. The molecule has 1 amide bonds. The molecule has 3 aromatic carbocycles. The topological polar surface area (TPSA) is 97.3 Å². The molecule has 0 radical (unpaired) electrons. The van der Waals surface area contributed by atoms with Crippen LogP contribution in [0.15, 0.2) is 76.7 Å². The molecule has 37 heavy (non-hydrogen) atoms. The van der Waals surface area contributed by atoms with Crippen molar-refractivity contribution in [3.63, 3.8) is 0 Å². The first kappa shape index (κ1) is 27.7. The second kappa shape index (κ2) is 12.9. The standard InChI is InChI=1S/C28H33N3O5S/c1-5-23-10-8-9-11-25(23)31(37(33,34)24-15-12-21(4)13-16-24)20-28(32)30-29-19-22-14-17-26(35-6-2)27(18-22)36-7-3/h8-19H,5-7,20H2,1-4H3,(H,30,32)/b29-19-. The molecule has 0 saturated heterocycles. The second-order valence-electron chi connectivity index (χ2n) is 8.17. The Morgan fingerprint density at radius 1 is 0.946 bits per heavy atom. The van der Waals surface area contributed by atoms with Crippen LogP contribution in [-0.4, -0.2) is 40.3 Å². The molecule has 0 aromatic heterocycles. The molecule has 3 rings (SSSR count). The van der Waals surface area contributed by atoms with Crippen molar-refractivity contribution in [1.82, 2.24) is 5.43 Å². The molecule has 0 fully saturated rings. The highest BCUT2D eigenvalue weighted by molar-refractivity contribution is 7.92. The number of hydrogen-bond acceptors (Lipinski definition) is 6. The van der Waals surface area contributed by atoms with Crippen molar-refractivity contribution in [2.45, 2.75) is 39.0 Å². The highest BCUT2D eigenvalue weighted by Gasteiger charge is 2.28. The van der Waals surface area contributed by atoms with Gasteiger partial charge in [-0.1, -0.05) is 42.8 Å². The monoisotopic (exact) mass is 523 g/mol. The Bertz CT molecular complexity index is 1340. The highest BCUT2D eigenvalue weighted by atomic mass is 32.2. The molecule has 8 nitrogen and oxygen atoms in total. The van der Waals surface area contributed by atoms with Crippen molar-refractivity contribution in [2.24, 2.45) is 5.10 Å². The molecule has 0 spiro atoms. The number of hydrogen-bond donors (Lipinski definition) is 1. The summed E-state index contributed by atoms with van der Waals surface area (Å²) in [6.07, 6.45) is 2.07. The van der Waals surface area contributed by atoms with Gasteiger partial charge in [0.1, 0.15) is 6.54 Å². The van der Waals surface area contributed by atoms with Crippen LogP contribution in [0.25, 0.3) is 0 Å². The van der Waals surface area contributed by atoms with Gasteiger partial charge < -0.3 is 9.47 Å². The maximum atomic E-state index is 13.6. The molecule has 0 aliphatic carbocycles. The molecule has 0 atom stereocenters. The van der Waals surface area contributed by atoms with E-state index in [4.69, 9.17) is 9.47 Å². The van der Waals surface area contributed by atoms with E-state index in [9.17, 15) is 13.2 Å². The molecule has 0 unspecified atom stereocenters. The summed E-state index contributed by atoms with van der Waals surface area (Å²) in [5.74, 6) is 0.622. The number of nitrogens with zero attached hydrogens (tertiary/aromatic N) is 2. The van der Waals surface area contributed by atoms with E-state index in [-0.39, 0.29) is 4.90 Å². The van der Waals surface area contributed by atoms with Gasteiger partial charge in [0.05, 0.1) is 30.0 Å². The van der Waals surface area contributed by atoms with Gasteiger partial charge in [-0.15, -0.1) is 0 Å². The third-order valence-electron chi connectivity index (χ3n) is 5.51. The van der Waals surface area contributed by atoms with Crippen molar-refractivity contribution in [3.8, 4) is 11.5 Å². The van der Waals surface area contributed by atoms with E-state index in [1.165, 1.54) is 6.21 Å². The summed E-state index contributed by atoms with van der Waals surface area (Å²) in [7, 11) is -4.01. The fourth-order valence-corrected chi connectivity index (χ4v) is 5.14. The summed E-state index contributed by atoms with van der Waals surface area (Å²) in [6, 6.07) is 19.0. The Hall–Kier alpha value is -3.85. The maximum Gasteiger partial charge on any atom is 0.264 e. The molecule has 0 saturated carbocycles. The lowest BCUT2D eigenvalue weighted by atomic mass is 10.1. The highest BCUT2D eigenvalue weighted by Crippen LogP contribution is 2.29. The summed E-state index contributed by atoms with van der Waals surface area (Å²) in [5.41, 5.74) is 5.34. The molecule has 0 heterocycles. The fourth-order valence-electron chi connectivity index (χ4n) is 3.68. The Morgan fingerprint density at radius 2 is 1.62 bits per heavy atom. The van der Waals surface area contributed by atoms with Crippen LogP contribution in [0.1, 0.15) is 37.5 Å². The molecular formula is C28H33N3O5S. The zero-order valence-electron chi connectivity index (χ0n) is 21.6. The van der Waals surface area contributed by atoms with Crippen molar-refractivity contribution in [3.05, 3.63) is 83.4 Å². The number of carbonyl (C=O) groups excluding carboxylic acids is 1. The molecule has 0 aliphatic heterocycles. The number of para-hydroxylation sites is 1. The van der Waals surface area contributed by atoms with E-state index >= 15 is 0 Å². The number of nitrogens with one attached hydrogen (secondary N) is 1. The summed E-state index contributed by atoms with van der Waals surface area (Å²) in [6.45, 7) is 8.14. The first-order valence-corrected chi connectivity index (χ1v) is 13.6. The van der Waals surface area contributed by atoms with E-state index in [0.717, 1.165) is 15.4 Å². The van der Waals surface area contributed by atoms with Crippen LogP contribution in [-0.2, 0) is 21.2 Å². The number of benzene rings is 3. The van der Waals surface area contributed by atoms with Crippen LogP contribution in [0.5, 0.6) is 11.5 Å². The summed E-state index contributed by atoms with van der Waals surface area (Å²) in [5, 5.41) is 4.03. The summed E-state index contributed by atoms with van der Waals surface area (Å²) >= 11 is 0. The van der Waals surface area contributed by atoms with Crippen LogP contribution in [0, 0.1) is 6.92 Å². The van der Waals surface area contributed by atoms with E-state index in [1.54, 1.807) is 54.6 Å². The minimum atomic E-state index is -4.01. The molecule has 0 aliphatic rings. The number of carbonyl (C=O) groups is 1. The molecule has 1 N–H and O–H groups in total. The molecule has 196 valence electrons. The third-order valence-corrected chi connectivity index (χ3v) is 7.28. The average Bonchev–Trinajstić information content (AvgIpc) is 2.89. The molecule has 3 aromatic rings. The number of anilines is 1. The van der Waals surface area contributed by atoms with Crippen LogP contribution >= 0.6 is 0 Å². The van der Waals surface area contributed by atoms with Crippen molar-refractivity contribution >= 4 is 27.8 Å².